The first-order valence-corrected chi connectivity index (χ1v) is 6.17. The number of amidine groups is 1. The maximum absolute atomic E-state index is 8.69. The molecule has 0 aliphatic heterocycles. The van der Waals surface area contributed by atoms with Crippen LogP contribution in [-0.2, 0) is 6.61 Å². The number of halogens is 1. The minimum absolute atomic E-state index is 0.0722. The molecule has 0 fully saturated rings. The molecule has 0 bridgehead atoms. The number of benzene rings is 1. The van der Waals surface area contributed by atoms with E-state index in [1.54, 1.807) is 6.07 Å². The Morgan fingerprint density at radius 3 is 2.89 bits per heavy atom. The molecule has 2 rings (SSSR count). The van der Waals surface area contributed by atoms with Gasteiger partial charge in [0.1, 0.15) is 6.61 Å². The van der Waals surface area contributed by atoms with Crippen molar-refractivity contribution in [3.63, 3.8) is 0 Å². The van der Waals surface area contributed by atoms with Crippen molar-refractivity contribution in [3.8, 4) is 5.88 Å². The number of oxime groups is 1. The van der Waals surface area contributed by atoms with Gasteiger partial charge in [0, 0.05) is 10.0 Å². The molecule has 0 saturated heterocycles. The molecule has 19 heavy (non-hydrogen) atoms. The predicted molar refractivity (Wildman–Crippen MR) is 73.0 cm³/mol. The Balaban J connectivity index is 2.19. The number of nitrogens with zero attached hydrogens (tertiary/aromatic N) is 3. The van der Waals surface area contributed by atoms with E-state index in [0.717, 1.165) is 10.0 Å². The summed E-state index contributed by atoms with van der Waals surface area (Å²) in [4.78, 5) is 0. The minimum Gasteiger partial charge on any atom is -0.471 e. The summed E-state index contributed by atoms with van der Waals surface area (Å²) >= 11 is 3.43. The van der Waals surface area contributed by atoms with Crippen molar-refractivity contribution in [1.82, 2.24) is 10.2 Å². The van der Waals surface area contributed by atoms with Crippen LogP contribution in [0.15, 0.2) is 46.2 Å². The summed E-state index contributed by atoms with van der Waals surface area (Å²) in [6, 6.07) is 9.23. The topological polar surface area (TPSA) is 93.6 Å². The third-order valence-corrected chi connectivity index (χ3v) is 3.17. The molecule has 0 atom stereocenters. The number of hydrogen-bond donors (Lipinski definition) is 2. The van der Waals surface area contributed by atoms with Gasteiger partial charge in [0.05, 0.1) is 11.8 Å². The van der Waals surface area contributed by atoms with Crippen LogP contribution in [0.1, 0.15) is 11.1 Å². The van der Waals surface area contributed by atoms with E-state index in [0.29, 0.717) is 12.2 Å². The van der Waals surface area contributed by atoms with E-state index in [1.807, 2.05) is 24.3 Å². The number of rotatable bonds is 4. The van der Waals surface area contributed by atoms with Crippen molar-refractivity contribution < 1.29 is 9.94 Å². The van der Waals surface area contributed by atoms with Gasteiger partial charge < -0.3 is 15.7 Å². The van der Waals surface area contributed by atoms with Crippen molar-refractivity contribution in [2.75, 3.05) is 0 Å². The van der Waals surface area contributed by atoms with Crippen molar-refractivity contribution in [2.45, 2.75) is 6.61 Å². The van der Waals surface area contributed by atoms with Crippen LogP contribution in [0.25, 0.3) is 0 Å². The molecule has 0 saturated carbocycles. The zero-order chi connectivity index (χ0) is 13.7. The normalized spacial score (nSPS) is 11.3. The average Bonchev–Trinajstić information content (AvgIpc) is 2.46. The number of hydrogen-bond acceptors (Lipinski definition) is 5. The lowest BCUT2D eigenvalue weighted by Crippen LogP contribution is -2.16. The summed E-state index contributed by atoms with van der Waals surface area (Å²) < 4.78 is 6.49. The highest BCUT2D eigenvalue weighted by Crippen LogP contribution is 2.19. The minimum atomic E-state index is -0.0722. The van der Waals surface area contributed by atoms with Crippen LogP contribution in [0, 0.1) is 0 Å². The Morgan fingerprint density at radius 1 is 1.37 bits per heavy atom. The van der Waals surface area contributed by atoms with Crippen LogP contribution in [-0.4, -0.2) is 21.2 Å². The molecule has 6 nitrogen and oxygen atoms in total. The third-order valence-electron chi connectivity index (χ3n) is 2.39. The number of ether oxygens (including phenoxy) is 1. The molecule has 98 valence electrons. The van der Waals surface area contributed by atoms with Crippen LogP contribution in [0.3, 0.4) is 0 Å². The van der Waals surface area contributed by atoms with Gasteiger partial charge in [0.25, 0.3) is 0 Å². The first kappa shape index (κ1) is 13.3. The highest BCUT2D eigenvalue weighted by Gasteiger charge is 2.10. The van der Waals surface area contributed by atoms with E-state index in [1.165, 1.54) is 6.20 Å². The van der Waals surface area contributed by atoms with E-state index in [9.17, 15) is 0 Å². The SMILES string of the molecule is N/C(=N/O)c1ccnnc1OCc1ccccc1Br. The zero-order valence-electron chi connectivity index (χ0n) is 9.82. The Kier molecular flexibility index (Phi) is 4.30. The quantitative estimate of drug-likeness (QED) is 0.388. The fourth-order valence-corrected chi connectivity index (χ4v) is 1.84. The lowest BCUT2D eigenvalue weighted by Gasteiger charge is -2.09. The second-order valence-electron chi connectivity index (χ2n) is 3.62. The van der Waals surface area contributed by atoms with E-state index in [2.05, 4.69) is 31.3 Å². The summed E-state index contributed by atoms with van der Waals surface area (Å²) in [6.07, 6.45) is 1.44. The Morgan fingerprint density at radius 2 is 2.16 bits per heavy atom. The molecule has 0 aliphatic carbocycles. The van der Waals surface area contributed by atoms with Gasteiger partial charge in [-0.05, 0) is 12.1 Å². The van der Waals surface area contributed by atoms with Gasteiger partial charge in [-0.15, -0.1) is 5.10 Å². The fourth-order valence-electron chi connectivity index (χ4n) is 1.44. The fraction of sp³-hybridized carbons (Fsp3) is 0.0833. The molecule has 2 aromatic rings. The van der Waals surface area contributed by atoms with Crippen LogP contribution in [0.2, 0.25) is 0 Å². The molecule has 0 amide bonds. The van der Waals surface area contributed by atoms with Crippen LogP contribution < -0.4 is 10.5 Å². The summed E-state index contributed by atoms with van der Waals surface area (Å²) in [5.74, 6) is 0.144. The van der Waals surface area contributed by atoms with E-state index in [-0.39, 0.29) is 11.7 Å². The largest absolute Gasteiger partial charge is 0.471 e. The lowest BCUT2D eigenvalue weighted by molar-refractivity contribution is 0.287. The maximum Gasteiger partial charge on any atom is 0.244 e. The molecule has 1 aromatic carbocycles. The summed E-state index contributed by atoms with van der Waals surface area (Å²) in [5, 5.41) is 19.2. The first-order chi connectivity index (χ1) is 9.22. The highest BCUT2D eigenvalue weighted by atomic mass is 79.9. The summed E-state index contributed by atoms with van der Waals surface area (Å²) in [6.45, 7) is 0.297. The zero-order valence-corrected chi connectivity index (χ0v) is 11.4. The Bertz CT molecular complexity index is 604. The lowest BCUT2D eigenvalue weighted by atomic mass is 10.2. The molecule has 7 heteroatoms. The molecule has 0 radical (unpaired) electrons. The first-order valence-electron chi connectivity index (χ1n) is 5.38. The monoisotopic (exact) mass is 322 g/mol. The van der Waals surface area contributed by atoms with Gasteiger partial charge in [-0.1, -0.05) is 39.3 Å². The molecule has 1 heterocycles. The van der Waals surface area contributed by atoms with Gasteiger partial charge in [0.15, 0.2) is 5.84 Å². The molecule has 0 aliphatic rings. The second kappa shape index (κ2) is 6.14. The number of nitrogens with two attached hydrogens (primary N) is 1. The van der Waals surface area contributed by atoms with Gasteiger partial charge in [0.2, 0.25) is 5.88 Å². The van der Waals surface area contributed by atoms with Crippen molar-refractivity contribution in [3.05, 3.63) is 52.1 Å². The van der Waals surface area contributed by atoms with E-state index >= 15 is 0 Å². The van der Waals surface area contributed by atoms with Gasteiger partial charge in [-0.2, -0.15) is 5.10 Å². The van der Waals surface area contributed by atoms with Gasteiger partial charge >= 0.3 is 0 Å². The van der Waals surface area contributed by atoms with Crippen LogP contribution in [0.4, 0.5) is 0 Å². The Labute approximate surface area is 118 Å². The molecular formula is C12H11BrN4O2. The number of aromatic nitrogens is 2. The van der Waals surface area contributed by atoms with Crippen molar-refractivity contribution in [2.24, 2.45) is 10.9 Å². The maximum atomic E-state index is 8.69. The van der Waals surface area contributed by atoms with Crippen LogP contribution in [0.5, 0.6) is 5.88 Å². The molecule has 0 unspecified atom stereocenters. The Hall–Kier alpha value is -2.15. The van der Waals surface area contributed by atoms with Crippen LogP contribution >= 0.6 is 15.9 Å². The predicted octanol–water partition coefficient (Wildman–Crippen LogP) is 1.91. The highest BCUT2D eigenvalue weighted by molar-refractivity contribution is 9.10. The molecule has 3 N–H and O–H groups in total. The van der Waals surface area contributed by atoms with E-state index < -0.39 is 0 Å². The van der Waals surface area contributed by atoms with Gasteiger partial charge in [-0.25, -0.2) is 0 Å². The van der Waals surface area contributed by atoms with Gasteiger partial charge in [-0.3, -0.25) is 0 Å². The average molecular weight is 323 g/mol. The van der Waals surface area contributed by atoms with Crippen molar-refractivity contribution in [1.29, 1.82) is 0 Å². The van der Waals surface area contributed by atoms with E-state index in [4.69, 9.17) is 15.7 Å². The summed E-state index contributed by atoms with van der Waals surface area (Å²) in [7, 11) is 0. The molecule has 0 spiro atoms. The molecule has 1 aromatic heterocycles. The van der Waals surface area contributed by atoms with Crippen molar-refractivity contribution >= 4 is 21.8 Å². The standard InChI is InChI=1S/C12H11BrN4O2/c13-10-4-2-1-3-8(10)7-19-12-9(11(14)17-18)5-6-15-16-12/h1-6,18H,7H2,(H2,14,17). The second-order valence-corrected chi connectivity index (χ2v) is 4.47. The molecular weight excluding hydrogens is 312 g/mol. The third kappa shape index (κ3) is 3.19. The summed E-state index contributed by atoms with van der Waals surface area (Å²) in [5.41, 5.74) is 6.89. The smallest absolute Gasteiger partial charge is 0.244 e.